The van der Waals surface area contributed by atoms with Gasteiger partial charge in [0.15, 0.2) is 0 Å². The second-order valence-electron chi connectivity index (χ2n) is 6.85. The lowest BCUT2D eigenvalue weighted by atomic mass is 10.0. The Kier molecular flexibility index (Phi) is 5.33. The number of rotatable bonds is 6. The van der Waals surface area contributed by atoms with Gasteiger partial charge in [-0.1, -0.05) is 24.3 Å². The minimum Gasteiger partial charge on any atom is -0.445 e. The van der Waals surface area contributed by atoms with Crippen molar-refractivity contribution in [3.63, 3.8) is 0 Å². The molecule has 2 aromatic rings. The van der Waals surface area contributed by atoms with E-state index >= 15 is 0 Å². The average Bonchev–Trinajstić information content (AvgIpc) is 3.17. The van der Waals surface area contributed by atoms with Gasteiger partial charge >= 0.3 is 0 Å². The molecule has 1 fully saturated rings. The molecule has 1 saturated heterocycles. The summed E-state index contributed by atoms with van der Waals surface area (Å²) in [7, 11) is 2.12. The lowest BCUT2D eigenvalue weighted by Gasteiger charge is -2.25. The zero-order valence-electron chi connectivity index (χ0n) is 14.8. The van der Waals surface area contributed by atoms with E-state index in [-0.39, 0.29) is 0 Å². The number of oxazole rings is 1. The fraction of sp³-hybridized carbons (Fsp3) is 0.526. The van der Waals surface area contributed by atoms with Crippen molar-refractivity contribution >= 4 is 0 Å². The molecule has 0 radical (unpaired) electrons. The minimum absolute atomic E-state index is 0.426. The molecule has 1 aliphatic rings. The standard InChI is InChI=1S/C19H27N3O2/c1-14-6-4-5-7-17(14)18(23)12-22-9-8-16(11-22)21(3)13-19-20-10-15(2)24-19/h4-7,10,16,18,23H,8-9,11-13H2,1-3H3/t16-,18+/m0/s1. The van der Waals surface area contributed by atoms with E-state index in [4.69, 9.17) is 4.42 Å². The summed E-state index contributed by atoms with van der Waals surface area (Å²) in [6.45, 7) is 7.37. The lowest BCUT2D eigenvalue weighted by Crippen LogP contribution is -2.35. The highest BCUT2D eigenvalue weighted by molar-refractivity contribution is 5.27. The van der Waals surface area contributed by atoms with Gasteiger partial charge in [0.2, 0.25) is 5.89 Å². The molecule has 1 aromatic heterocycles. The van der Waals surface area contributed by atoms with E-state index in [0.29, 0.717) is 12.6 Å². The van der Waals surface area contributed by atoms with Crippen LogP contribution >= 0.6 is 0 Å². The molecule has 0 aliphatic carbocycles. The van der Waals surface area contributed by atoms with Gasteiger partial charge in [-0.15, -0.1) is 0 Å². The van der Waals surface area contributed by atoms with Crippen molar-refractivity contribution in [3.8, 4) is 0 Å². The molecule has 0 spiro atoms. The Morgan fingerprint density at radius 2 is 2.17 bits per heavy atom. The van der Waals surface area contributed by atoms with E-state index in [1.54, 1.807) is 6.20 Å². The second-order valence-corrected chi connectivity index (χ2v) is 6.85. The fourth-order valence-electron chi connectivity index (χ4n) is 3.46. The van der Waals surface area contributed by atoms with Crippen LogP contribution in [0.2, 0.25) is 0 Å². The molecule has 1 N–H and O–H groups in total. The Bertz CT molecular complexity index is 670. The summed E-state index contributed by atoms with van der Waals surface area (Å²) in [6, 6.07) is 8.55. The number of nitrogens with zero attached hydrogens (tertiary/aromatic N) is 3. The molecule has 0 saturated carbocycles. The van der Waals surface area contributed by atoms with E-state index in [9.17, 15) is 5.11 Å². The summed E-state index contributed by atoms with van der Waals surface area (Å²) >= 11 is 0. The molecule has 1 aromatic carbocycles. The van der Waals surface area contributed by atoms with Crippen LogP contribution in [0.25, 0.3) is 0 Å². The van der Waals surface area contributed by atoms with Crippen molar-refractivity contribution in [3.05, 3.63) is 53.2 Å². The number of aryl methyl sites for hydroxylation is 2. The van der Waals surface area contributed by atoms with Crippen molar-refractivity contribution in [2.45, 2.75) is 39.0 Å². The SMILES string of the molecule is Cc1cnc(CN(C)[C@H]2CCN(C[C@@H](O)c3ccccc3C)C2)o1. The van der Waals surface area contributed by atoms with Gasteiger partial charge in [0.1, 0.15) is 5.76 Å². The van der Waals surface area contributed by atoms with E-state index in [1.807, 2.05) is 25.1 Å². The Balaban J connectivity index is 1.52. The predicted molar refractivity (Wildman–Crippen MR) is 93.7 cm³/mol. The zero-order valence-corrected chi connectivity index (χ0v) is 14.8. The van der Waals surface area contributed by atoms with E-state index in [2.05, 4.69) is 34.8 Å². The summed E-state index contributed by atoms with van der Waals surface area (Å²) in [5, 5.41) is 10.5. The van der Waals surface area contributed by atoms with Gasteiger partial charge in [-0.2, -0.15) is 0 Å². The third kappa shape index (κ3) is 4.04. The van der Waals surface area contributed by atoms with Crippen LogP contribution in [-0.4, -0.2) is 52.6 Å². The van der Waals surface area contributed by atoms with Gasteiger partial charge in [-0.25, -0.2) is 4.98 Å². The van der Waals surface area contributed by atoms with Crippen LogP contribution in [0.5, 0.6) is 0 Å². The quantitative estimate of drug-likeness (QED) is 0.882. The van der Waals surface area contributed by atoms with Crippen molar-refractivity contribution in [1.82, 2.24) is 14.8 Å². The first-order valence-corrected chi connectivity index (χ1v) is 8.60. The molecule has 1 aliphatic heterocycles. The molecular formula is C19H27N3O2. The van der Waals surface area contributed by atoms with Crippen LogP contribution in [-0.2, 0) is 6.54 Å². The summed E-state index contributed by atoms with van der Waals surface area (Å²) in [4.78, 5) is 8.93. The number of aliphatic hydroxyl groups is 1. The molecule has 5 nitrogen and oxygen atoms in total. The second kappa shape index (κ2) is 7.47. The van der Waals surface area contributed by atoms with Gasteiger partial charge in [0, 0.05) is 19.1 Å². The van der Waals surface area contributed by atoms with Crippen LogP contribution in [0.4, 0.5) is 0 Å². The highest BCUT2D eigenvalue weighted by atomic mass is 16.4. The third-order valence-electron chi connectivity index (χ3n) is 4.90. The van der Waals surface area contributed by atoms with Crippen molar-refractivity contribution < 1.29 is 9.52 Å². The van der Waals surface area contributed by atoms with Gasteiger partial charge in [-0.05, 0) is 45.0 Å². The van der Waals surface area contributed by atoms with Crippen molar-refractivity contribution in [2.24, 2.45) is 0 Å². The maximum Gasteiger partial charge on any atom is 0.208 e. The Morgan fingerprint density at radius 3 is 2.88 bits per heavy atom. The van der Waals surface area contributed by atoms with Crippen molar-refractivity contribution in [2.75, 3.05) is 26.7 Å². The van der Waals surface area contributed by atoms with Gasteiger partial charge in [0.25, 0.3) is 0 Å². The Morgan fingerprint density at radius 1 is 1.38 bits per heavy atom. The van der Waals surface area contributed by atoms with E-state index in [0.717, 1.165) is 48.8 Å². The van der Waals surface area contributed by atoms with Crippen LogP contribution in [0.3, 0.4) is 0 Å². The Hall–Kier alpha value is -1.69. The number of likely N-dealkylation sites (N-methyl/N-ethyl adjacent to an activating group) is 1. The molecule has 24 heavy (non-hydrogen) atoms. The van der Waals surface area contributed by atoms with Gasteiger partial charge in [0.05, 0.1) is 18.8 Å². The van der Waals surface area contributed by atoms with Crippen LogP contribution in [0.1, 0.15) is 35.3 Å². The van der Waals surface area contributed by atoms with Gasteiger partial charge < -0.3 is 9.52 Å². The maximum absolute atomic E-state index is 10.5. The molecule has 0 bridgehead atoms. The summed E-state index contributed by atoms with van der Waals surface area (Å²) in [5.41, 5.74) is 2.18. The molecule has 3 rings (SSSR count). The topological polar surface area (TPSA) is 52.7 Å². The number of aromatic nitrogens is 1. The van der Waals surface area contributed by atoms with Crippen LogP contribution < -0.4 is 0 Å². The Labute approximate surface area is 143 Å². The summed E-state index contributed by atoms with van der Waals surface area (Å²) in [5.74, 6) is 1.63. The summed E-state index contributed by atoms with van der Waals surface area (Å²) < 4.78 is 5.57. The normalized spacial score (nSPS) is 20.0. The predicted octanol–water partition coefficient (Wildman–Crippen LogP) is 2.53. The molecule has 0 amide bonds. The first kappa shape index (κ1) is 17.1. The third-order valence-corrected chi connectivity index (χ3v) is 4.90. The minimum atomic E-state index is -0.426. The fourth-order valence-corrected chi connectivity index (χ4v) is 3.46. The lowest BCUT2D eigenvalue weighted by molar-refractivity contribution is 0.119. The number of β-amino-alcohol motifs (C(OH)–C–C–N with tert-alkyl or cyclic N) is 1. The zero-order chi connectivity index (χ0) is 17.1. The van der Waals surface area contributed by atoms with Crippen LogP contribution in [0.15, 0.2) is 34.9 Å². The molecule has 130 valence electrons. The number of likely N-dealkylation sites (tertiary alicyclic amines) is 1. The average molecular weight is 329 g/mol. The molecule has 5 heteroatoms. The number of aliphatic hydroxyl groups excluding tert-OH is 1. The molecule has 2 heterocycles. The molecule has 0 unspecified atom stereocenters. The van der Waals surface area contributed by atoms with Crippen molar-refractivity contribution in [1.29, 1.82) is 0 Å². The highest BCUT2D eigenvalue weighted by Gasteiger charge is 2.28. The van der Waals surface area contributed by atoms with E-state index in [1.165, 1.54) is 0 Å². The number of hydrogen-bond acceptors (Lipinski definition) is 5. The first-order chi connectivity index (χ1) is 11.5. The largest absolute Gasteiger partial charge is 0.445 e. The maximum atomic E-state index is 10.5. The van der Waals surface area contributed by atoms with Crippen LogP contribution in [0, 0.1) is 13.8 Å². The smallest absolute Gasteiger partial charge is 0.208 e. The molecule has 2 atom stereocenters. The first-order valence-electron chi connectivity index (χ1n) is 8.60. The van der Waals surface area contributed by atoms with E-state index < -0.39 is 6.10 Å². The summed E-state index contributed by atoms with van der Waals surface area (Å²) in [6.07, 6.45) is 2.45. The number of hydrogen-bond donors (Lipinski definition) is 1. The highest BCUT2D eigenvalue weighted by Crippen LogP contribution is 2.22. The molecular weight excluding hydrogens is 302 g/mol. The monoisotopic (exact) mass is 329 g/mol. The van der Waals surface area contributed by atoms with Gasteiger partial charge in [-0.3, -0.25) is 9.80 Å². The number of benzene rings is 1.